The molecule has 2 aromatic heterocycles. The molecule has 0 fully saturated rings. The van der Waals surface area contributed by atoms with Crippen molar-refractivity contribution in [1.82, 2.24) is 9.55 Å². The van der Waals surface area contributed by atoms with Gasteiger partial charge in [-0.25, -0.2) is 0 Å². The molecule has 2 aromatic carbocycles. The van der Waals surface area contributed by atoms with E-state index in [4.69, 9.17) is 11.6 Å². The first kappa shape index (κ1) is 11.5. The number of para-hydroxylation sites is 1. The van der Waals surface area contributed by atoms with Crippen LogP contribution in [0.5, 0.6) is 0 Å². The molecule has 0 amide bonds. The van der Waals surface area contributed by atoms with Gasteiger partial charge in [-0.3, -0.25) is 4.98 Å². The van der Waals surface area contributed by atoms with Gasteiger partial charge in [0.05, 0.1) is 17.2 Å². The van der Waals surface area contributed by atoms with Gasteiger partial charge in [-0.15, -0.1) is 0 Å². The minimum atomic E-state index is 0.743. The third kappa shape index (κ3) is 1.62. The molecule has 0 N–H and O–H groups in total. The molecule has 0 aliphatic carbocycles. The molecule has 0 saturated carbocycles. The molecule has 4 aromatic rings. The summed E-state index contributed by atoms with van der Waals surface area (Å²) < 4.78 is 2.22. The highest BCUT2D eigenvalue weighted by Gasteiger charge is 2.11. The van der Waals surface area contributed by atoms with Crippen LogP contribution in [0.3, 0.4) is 0 Å². The number of rotatable bonds is 1. The maximum absolute atomic E-state index is 5.99. The number of benzene rings is 2. The summed E-state index contributed by atoms with van der Waals surface area (Å²) in [5.74, 6) is 0. The maximum Gasteiger partial charge on any atom is 0.0724 e. The normalized spacial score (nSPS) is 11.2. The second-order valence-corrected chi connectivity index (χ2v) is 5.16. The minimum Gasteiger partial charge on any atom is -0.308 e. The van der Waals surface area contributed by atoms with Crippen molar-refractivity contribution in [2.45, 2.75) is 0 Å². The highest BCUT2D eigenvalue weighted by molar-refractivity contribution is 6.30. The van der Waals surface area contributed by atoms with Crippen molar-refractivity contribution in [2.75, 3.05) is 0 Å². The molecule has 0 saturated heterocycles. The Bertz CT molecular complexity index is 854. The lowest BCUT2D eigenvalue weighted by Gasteiger charge is -2.07. The van der Waals surface area contributed by atoms with Crippen molar-refractivity contribution in [3.63, 3.8) is 0 Å². The molecule has 0 spiro atoms. The van der Waals surface area contributed by atoms with Crippen LogP contribution in [-0.2, 0) is 0 Å². The Morgan fingerprint density at radius 1 is 0.800 bits per heavy atom. The fourth-order valence-corrected chi connectivity index (χ4v) is 2.81. The van der Waals surface area contributed by atoms with Crippen LogP contribution in [0.15, 0.2) is 67.0 Å². The largest absolute Gasteiger partial charge is 0.308 e. The van der Waals surface area contributed by atoms with E-state index in [0.717, 1.165) is 16.2 Å². The highest BCUT2D eigenvalue weighted by Crippen LogP contribution is 2.31. The molecule has 4 rings (SSSR count). The molecule has 2 nitrogen and oxygen atoms in total. The van der Waals surface area contributed by atoms with Gasteiger partial charge < -0.3 is 4.57 Å². The number of hydrogen-bond acceptors (Lipinski definition) is 1. The zero-order chi connectivity index (χ0) is 13.5. The lowest BCUT2D eigenvalue weighted by Crippen LogP contribution is -1.93. The molecule has 0 unspecified atom stereocenters. The van der Waals surface area contributed by atoms with Gasteiger partial charge in [0, 0.05) is 27.7 Å². The summed E-state index contributed by atoms with van der Waals surface area (Å²) in [4.78, 5) is 4.26. The van der Waals surface area contributed by atoms with Gasteiger partial charge in [0.2, 0.25) is 0 Å². The zero-order valence-corrected chi connectivity index (χ0v) is 11.4. The minimum absolute atomic E-state index is 0.743. The molecule has 0 aliphatic rings. The highest BCUT2D eigenvalue weighted by atomic mass is 35.5. The van der Waals surface area contributed by atoms with E-state index in [1.807, 2.05) is 36.7 Å². The number of fused-ring (bicyclic) bond motifs is 3. The van der Waals surface area contributed by atoms with Crippen LogP contribution in [0.25, 0.3) is 27.5 Å². The molecule has 2 heterocycles. The standard InChI is InChI=1S/C17H11ClN2/c18-12-5-7-13(8-6-12)20-16-4-2-1-3-14(16)15-9-10-19-11-17(15)20/h1-11H. The Kier molecular flexibility index (Phi) is 2.51. The van der Waals surface area contributed by atoms with Crippen LogP contribution in [0.1, 0.15) is 0 Å². The van der Waals surface area contributed by atoms with Crippen LogP contribution in [0.4, 0.5) is 0 Å². The molecule has 0 radical (unpaired) electrons. The average Bonchev–Trinajstić information content (AvgIpc) is 2.83. The van der Waals surface area contributed by atoms with Gasteiger partial charge in [-0.2, -0.15) is 0 Å². The maximum atomic E-state index is 5.99. The van der Waals surface area contributed by atoms with Crippen molar-refractivity contribution >= 4 is 33.4 Å². The van der Waals surface area contributed by atoms with Gasteiger partial charge >= 0.3 is 0 Å². The second kappa shape index (κ2) is 4.36. The van der Waals surface area contributed by atoms with Crippen LogP contribution in [0, 0.1) is 0 Å². The molecule has 0 aliphatic heterocycles. The van der Waals surface area contributed by atoms with E-state index in [1.165, 1.54) is 16.3 Å². The lowest BCUT2D eigenvalue weighted by molar-refractivity contribution is 1.17. The fraction of sp³-hybridized carbons (Fsp3) is 0. The third-order valence-electron chi connectivity index (χ3n) is 3.56. The fourth-order valence-electron chi connectivity index (χ4n) is 2.69. The lowest BCUT2D eigenvalue weighted by atomic mass is 10.2. The Balaban J connectivity index is 2.17. The van der Waals surface area contributed by atoms with Gasteiger partial charge in [0.25, 0.3) is 0 Å². The second-order valence-electron chi connectivity index (χ2n) is 4.72. The molecule has 3 heteroatoms. The van der Waals surface area contributed by atoms with Gasteiger partial charge in [-0.05, 0) is 36.4 Å². The van der Waals surface area contributed by atoms with Crippen molar-refractivity contribution in [2.24, 2.45) is 0 Å². The summed E-state index contributed by atoms with van der Waals surface area (Å²) in [7, 11) is 0. The smallest absolute Gasteiger partial charge is 0.0724 e. The van der Waals surface area contributed by atoms with E-state index in [2.05, 4.69) is 39.9 Å². The van der Waals surface area contributed by atoms with Crippen LogP contribution in [0.2, 0.25) is 5.02 Å². The van der Waals surface area contributed by atoms with Gasteiger partial charge in [0.1, 0.15) is 0 Å². The van der Waals surface area contributed by atoms with E-state index in [9.17, 15) is 0 Å². The molecule has 0 bridgehead atoms. The number of aromatic nitrogens is 2. The molecular weight excluding hydrogens is 268 g/mol. The van der Waals surface area contributed by atoms with Crippen molar-refractivity contribution in [3.8, 4) is 5.69 Å². The first-order chi connectivity index (χ1) is 9.84. The van der Waals surface area contributed by atoms with Crippen molar-refractivity contribution in [1.29, 1.82) is 0 Å². The van der Waals surface area contributed by atoms with Crippen LogP contribution < -0.4 is 0 Å². The van der Waals surface area contributed by atoms with E-state index in [1.54, 1.807) is 0 Å². The number of hydrogen-bond donors (Lipinski definition) is 0. The molecule has 0 atom stereocenters. The Labute approximate surface area is 121 Å². The first-order valence-electron chi connectivity index (χ1n) is 6.44. The molecular formula is C17H11ClN2. The summed E-state index contributed by atoms with van der Waals surface area (Å²) in [6.07, 6.45) is 3.74. The number of nitrogens with zero attached hydrogens (tertiary/aromatic N) is 2. The van der Waals surface area contributed by atoms with E-state index < -0.39 is 0 Å². The summed E-state index contributed by atoms with van der Waals surface area (Å²) in [5, 5.41) is 3.19. The SMILES string of the molecule is Clc1ccc(-n2c3ccccc3c3ccncc32)cc1. The predicted octanol–water partition coefficient (Wildman–Crippen LogP) is 4.83. The van der Waals surface area contributed by atoms with Crippen LogP contribution >= 0.6 is 11.6 Å². The summed E-state index contributed by atoms with van der Waals surface area (Å²) in [6, 6.07) is 18.3. The Morgan fingerprint density at radius 3 is 2.40 bits per heavy atom. The Hall–Kier alpha value is -2.32. The van der Waals surface area contributed by atoms with Crippen molar-refractivity contribution in [3.05, 3.63) is 72.0 Å². The Morgan fingerprint density at radius 2 is 1.55 bits per heavy atom. The molecule has 96 valence electrons. The van der Waals surface area contributed by atoms with E-state index in [0.29, 0.717) is 0 Å². The quantitative estimate of drug-likeness (QED) is 0.487. The summed E-state index contributed by atoms with van der Waals surface area (Å²) in [6.45, 7) is 0. The van der Waals surface area contributed by atoms with E-state index in [-0.39, 0.29) is 0 Å². The summed E-state index contributed by atoms with van der Waals surface area (Å²) >= 11 is 5.99. The zero-order valence-electron chi connectivity index (χ0n) is 10.6. The first-order valence-corrected chi connectivity index (χ1v) is 6.81. The third-order valence-corrected chi connectivity index (χ3v) is 3.81. The van der Waals surface area contributed by atoms with Gasteiger partial charge in [0.15, 0.2) is 0 Å². The average molecular weight is 279 g/mol. The summed E-state index contributed by atoms with van der Waals surface area (Å²) in [5.41, 5.74) is 3.38. The predicted molar refractivity (Wildman–Crippen MR) is 83.6 cm³/mol. The van der Waals surface area contributed by atoms with Crippen molar-refractivity contribution < 1.29 is 0 Å². The molecule has 20 heavy (non-hydrogen) atoms. The van der Waals surface area contributed by atoms with Crippen LogP contribution in [-0.4, -0.2) is 9.55 Å². The van der Waals surface area contributed by atoms with E-state index >= 15 is 0 Å². The van der Waals surface area contributed by atoms with Gasteiger partial charge in [-0.1, -0.05) is 29.8 Å². The number of pyridine rings is 1. The monoisotopic (exact) mass is 278 g/mol. The topological polar surface area (TPSA) is 17.8 Å². The number of halogens is 1.